The highest BCUT2D eigenvalue weighted by Crippen LogP contribution is 2.27. The second-order valence-electron chi connectivity index (χ2n) is 4.55. The molecule has 0 saturated heterocycles. The number of nitrogens with zero attached hydrogens (tertiary/aromatic N) is 2. The molecule has 0 atom stereocenters. The first-order valence-corrected chi connectivity index (χ1v) is 7.83. The third-order valence-corrected chi connectivity index (χ3v) is 3.99. The van der Waals surface area contributed by atoms with Crippen LogP contribution in [-0.2, 0) is 0 Å². The summed E-state index contributed by atoms with van der Waals surface area (Å²) in [5.74, 6) is -0.0383. The number of carbonyl (C=O) groups excluding carboxylic acids is 1. The molecule has 23 heavy (non-hydrogen) atoms. The molecule has 0 saturated carbocycles. The van der Waals surface area contributed by atoms with Gasteiger partial charge in [-0.25, -0.2) is 9.78 Å². The summed E-state index contributed by atoms with van der Waals surface area (Å²) in [6.45, 7) is 0. The number of aliphatic imine (C=N–C) groups is 1. The Hall–Kier alpha value is -2.64. The number of urea groups is 1. The van der Waals surface area contributed by atoms with E-state index in [1.807, 2.05) is 24.3 Å². The quantitative estimate of drug-likeness (QED) is 0.488. The number of hydrogen-bond donors (Lipinski definition) is 3. The van der Waals surface area contributed by atoms with Gasteiger partial charge in [-0.1, -0.05) is 41.1 Å². The van der Waals surface area contributed by atoms with Crippen LogP contribution in [0.4, 0.5) is 15.6 Å². The standard InChI is InChI=1S/C15H12ClN5OS/c16-9-4-3-5-10(8-9)18-14(22)20-13(17)21-15-19-11-6-1-2-7-12(11)23-15/h1-8H,(H4,17,18,19,20,21,22). The first-order valence-electron chi connectivity index (χ1n) is 6.63. The van der Waals surface area contributed by atoms with Gasteiger partial charge in [0.15, 0.2) is 0 Å². The van der Waals surface area contributed by atoms with Gasteiger partial charge in [0, 0.05) is 10.7 Å². The normalized spacial score (nSPS) is 11.4. The number of fused-ring (bicyclic) bond motifs is 1. The second kappa shape index (κ2) is 6.64. The molecule has 2 aromatic carbocycles. The summed E-state index contributed by atoms with van der Waals surface area (Å²) in [4.78, 5) is 20.3. The maximum atomic E-state index is 11.9. The summed E-state index contributed by atoms with van der Waals surface area (Å²) < 4.78 is 1.00. The SMILES string of the molecule is NC(=Nc1nc2ccccc2s1)NC(=O)Nc1cccc(Cl)c1. The van der Waals surface area contributed by atoms with Crippen LogP contribution in [0.15, 0.2) is 53.5 Å². The number of hydrogen-bond acceptors (Lipinski definition) is 4. The van der Waals surface area contributed by atoms with Crippen LogP contribution in [0.2, 0.25) is 5.02 Å². The van der Waals surface area contributed by atoms with Gasteiger partial charge in [0.1, 0.15) is 0 Å². The van der Waals surface area contributed by atoms with Crippen molar-refractivity contribution in [3.8, 4) is 0 Å². The molecule has 116 valence electrons. The van der Waals surface area contributed by atoms with E-state index in [1.165, 1.54) is 11.3 Å². The van der Waals surface area contributed by atoms with Crippen molar-refractivity contribution < 1.29 is 4.79 Å². The molecule has 3 aromatic rings. The number of guanidine groups is 1. The highest BCUT2D eigenvalue weighted by atomic mass is 35.5. The molecular formula is C15H12ClN5OS. The summed E-state index contributed by atoms with van der Waals surface area (Å²) in [6, 6.07) is 13.9. The summed E-state index contributed by atoms with van der Waals surface area (Å²) >= 11 is 7.24. The number of amides is 2. The fourth-order valence-corrected chi connectivity index (χ4v) is 2.92. The molecule has 0 aliphatic heterocycles. The molecule has 3 rings (SSSR count). The van der Waals surface area contributed by atoms with E-state index < -0.39 is 6.03 Å². The number of aromatic nitrogens is 1. The largest absolute Gasteiger partial charge is 0.369 e. The molecule has 0 aliphatic rings. The molecule has 1 aromatic heterocycles. The Morgan fingerprint density at radius 2 is 2.04 bits per heavy atom. The van der Waals surface area contributed by atoms with Crippen molar-refractivity contribution >= 4 is 56.0 Å². The Kier molecular flexibility index (Phi) is 4.40. The van der Waals surface area contributed by atoms with Gasteiger partial charge >= 0.3 is 6.03 Å². The third-order valence-electron chi connectivity index (χ3n) is 2.82. The summed E-state index contributed by atoms with van der Waals surface area (Å²) in [5.41, 5.74) is 7.13. The Morgan fingerprint density at radius 3 is 2.83 bits per heavy atom. The highest BCUT2D eigenvalue weighted by Gasteiger charge is 2.06. The van der Waals surface area contributed by atoms with Gasteiger partial charge in [-0.05, 0) is 30.3 Å². The van der Waals surface area contributed by atoms with Crippen LogP contribution in [-0.4, -0.2) is 17.0 Å². The van der Waals surface area contributed by atoms with Crippen molar-refractivity contribution in [3.05, 3.63) is 53.6 Å². The number of carbonyl (C=O) groups is 1. The predicted octanol–water partition coefficient (Wildman–Crippen LogP) is 3.72. The zero-order valence-corrected chi connectivity index (χ0v) is 13.4. The van der Waals surface area contributed by atoms with Crippen molar-refractivity contribution in [2.45, 2.75) is 0 Å². The Labute approximate surface area is 141 Å². The van der Waals surface area contributed by atoms with E-state index in [-0.39, 0.29) is 5.96 Å². The molecule has 4 N–H and O–H groups in total. The lowest BCUT2D eigenvalue weighted by Crippen LogP contribution is -2.39. The highest BCUT2D eigenvalue weighted by molar-refractivity contribution is 7.22. The van der Waals surface area contributed by atoms with Gasteiger partial charge < -0.3 is 11.1 Å². The van der Waals surface area contributed by atoms with E-state index >= 15 is 0 Å². The average Bonchev–Trinajstić information content (AvgIpc) is 2.88. The van der Waals surface area contributed by atoms with Crippen LogP contribution in [0.5, 0.6) is 0 Å². The lowest BCUT2D eigenvalue weighted by molar-refractivity contribution is 0.256. The van der Waals surface area contributed by atoms with Gasteiger partial charge in [0.2, 0.25) is 11.1 Å². The van der Waals surface area contributed by atoms with E-state index in [2.05, 4.69) is 20.6 Å². The Bertz CT molecular complexity index is 859. The van der Waals surface area contributed by atoms with Crippen LogP contribution < -0.4 is 16.4 Å². The van der Waals surface area contributed by atoms with Crippen LogP contribution in [0.25, 0.3) is 10.2 Å². The average molecular weight is 346 g/mol. The van der Waals surface area contributed by atoms with Crippen molar-refractivity contribution in [2.75, 3.05) is 5.32 Å². The maximum absolute atomic E-state index is 11.9. The third kappa shape index (κ3) is 3.97. The first kappa shape index (κ1) is 15.3. The number of anilines is 1. The molecule has 0 spiro atoms. The van der Waals surface area contributed by atoms with E-state index in [9.17, 15) is 4.79 Å². The molecule has 0 radical (unpaired) electrons. The minimum atomic E-state index is -0.505. The molecule has 0 bridgehead atoms. The lowest BCUT2D eigenvalue weighted by Gasteiger charge is -2.06. The zero-order valence-electron chi connectivity index (χ0n) is 11.8. The fourth-order valence-electron chi connectivity index (χ4n) is 1.88. The maximum Gasteiger partial charge on any atom is 0.325 e. The van der Waals surface area contributed by atoms with Gasteiger partial charge in [-0.2, -0.15) is 4.99 Å². The molecule has 1 heterocycles. The summed E-state index contributed by atoms with van der Waals surface area (Å²) in [7, 11) is 0. The van der Waals surface area contributed by atoms with Crippen molar-refractivity contribution in [1.82, 2.24) is 10.3 Å². The minimum absolute atomic E-state index is 0.0383. The van der Waals surface area contributed by atoms with Gasteiger partial charge in [0.05, 0.1) is 10.2 Å². The van der Waals surface area contributed by atoms with E-state index in [0.717, 1.165) is 10.2 Å². The number of para-hydroxylation sites is 1. The summed E-state index contributed by atoms with van der Waals surface area (Å²) in [5, 5.41) is 6.06. The smallest absolute Gasteiger partial charge is 0.325 e. The monoisotopic (exact) mass is 345 g/mol. The van der Waals surface area contributed by atoms with Gasteiger partial charge in [0.25, 0.3) is 0 Å². The lowest BCUT2D eigenvalue weighted by atomic mass is 10.3. The van der Waals surface area contributed by atoms with Crippen LogP contribution in [0, 0.1) is 0 Å². The zero-order chi connectivity index (χ0) is 16.2. The van der Waals surface area contributed by atoms with Crippen molar-refractivity contribution in [2.24, 2.45) is 10.7 Å². The minimum Gasteiger partial charge on any atom is -0.369 e. The number of benzene rings is 2. The summed E-state index contributed by atoms with van der Waals surface area (Å²) in [6.07, 6.45) is 0. The molecule has 8 heteroatoms. The van der Waals surface area contributed by atoms with Crippen molar-refractivity contribution in [3.63, 3.8) is 0 Å². The number of rotatable bonds is 2. The Balaban J connectivity index is 1.67. The molecule has 2 amide bonds. The van der Waals surface area contributed by atoms with Gasteiger partial charge in [-0.15, -0.1) is 0 Å². The molecule has 0 fully saturated rings. The number of nitrogens with one attached hydrogen (secondary N) is 2. The number of nitrogens with two attached hydrogens (primary N) is 1. The first-order chi connectivity index (χ1) is 11.1. The van der Waals surface area contributed by atoms with E-state index in [1.54, 1.807) is 24.3 Å². The van der Waals surface area contributed by atoms with E-state index in [0.29, 0.717) is 15.8 Å². The van der Waals surface area contributed by atoms with Crippen LogP contribution in [0.3, 0.4) is 0 Å². The number of halogens is 1. The fraction of sp³-hybridized carbons (Fsp3) is 0. The van der Waals surface area contributed by atoms with Crippen LogP contribution >= 0.6 is 22.9 Å². The molecule has 6 nitrogen and oxygen atoms in total. The van der Waals surface area contributed by atoms with Gasteiger partial charge in [-0.3, -0.25) is 5.32 Å². The van der Waals surface area contributed by atoms with E-state index in [4.69, 9.17) is 17.3 Å². The Morgan fingerprint density at radius 1 is 1.22 bits per heavy atom. The predicted molar refractivity (Wildman–Crippen MR) is 94.5 cm³/mol. The molecule has 0 aliphatic carbocycles. The number of thiazole rings is 1. The molecule has 0 unspecified atom stereocenters. The van der Waals surface area contributed by atoms with Crippen molar-refractivity contribution in [1.29, 1.82) is 0 Å². The second-order valence-corrected chi connectivity index (χ2v) is 6.00. The van der Waals surface area contributed by atoms with Crippen LogP contribution in [0.1, 0.15) is 0 Å². The topological polar surface area (TPSA) is 92.4 Å². The molecular weight excluding hydrogens is 334 g/mol.